The number of ether oxygens (including phenoxy) is 2. The van der Waals surface area contributed by atoms with Crippen molar-refractivity contribution in [2.45, 2.75) is 26.3 Å². The van der Waals surface area contributed by atoms with Gasteiger partial charge in [-0.2, -0.15) is 0 Å². The smallest absolute Gasteiger partial charge is 0.255 e. The average molecular weight is 376 g/mol. The molecule has 0 fully saturated rings. The summed E-state index contributed by atoms with van der Waals surface area (Å²) in [5.41, 5.74) is 5.54. The molecule has 1 heterocycles. The molecule has 0 aliphatic heterocycles. The molecule has 0 aliphatic rings. The standard InChI is InChI=1S/C19H24N2O4S/c1-12(2)9-14(17-5-4-8-26-17)21-19(23)13-6-7-15(16(10-13)24-3)25-11-18(20)22/h4-8,10,12,14H,9,11H2,1-3H3,(H2,20,22)(H,21,23). The third-order valence-corrected chi connectivity index (χ3v) is 4.68. The van der Waals surface area contributed by atoms with Crippen molar-refractivity contribution in [2.24, 2.45) is 11.7 Å². The third-order valence-electron chi connectivity index (χ3n) is 3.69. The van der Waals surface area contributed by atoms with Crippen molar-refractivity contribution in [1.29, 1.82) is 0 Å². The van der Waals surface area contributed by atoms with E-state index in [0.29, 0.717) is 23.0 Å². The van der Waals surface area contributed by atoms with Crippen LogP contribution in [0.3, 0.4) is 0 Å². The first-order valence-corrected chi connectivity index (χ1v) is 9.22. The van der Waals surface area contributed by atoms with Gasteiger partial charge in [0.15, 0.2) is 18.1 Å². The Morgan fingerprint density at radius 3 is 2.58 bits per heavy atom. The quantitative estimate of drug-likeness (QED) is 0.703. The topological polar surface area (TPSA) is 90.7 Å². The van der Waals surface area contributed by atoms with Gasteiger partial charge >= 0.3 is 0 Å². The number of nitrogens with one attached hydrogen (secondary N) is 1. The van der Waals surface area contributed by atoms with Crippen LogP contribution in [0.15, 0.2) is 35.7 Å². The Labute approximate surface area is 157 Å². The van der Waals surface area contributed by atoms with Crippen LogP contribution in [-0.2, 0) is 4.79 Å². The van der Waals surface area contributed by atoms with E-state index in [1.165, 1.54) is 7.11 Å². The number of thiophene rings is 1. The maximum absolute atomic E-state index is 12.7. The number of methoxy groups -OCH3 is 1. The Morgan fingerprint density at radius 1 is 1.23 bits per heavy atom. The summed E-state index contributed by atoms with van der Waals surface area (Å²) in [6.07, 6.45) is 0.850. The fraction of sp³-hybridized carbons (Fsp3) is 0.368. The van der Waals surface area contributed by atoms with Gasteiger partial charge in [0.05, 0.1) is 13.2 Å². The second-order valence-corrected chi connectivity index (χ2v) is 7.27. The van der Waals surface area contributed by atoms with E-state index in [2.05, 4.69) is 19.2 Å². The lowest BCUT2D eigenvalue weighted by atomic mass is 10.0. The van der Waals surface area contributed by atoms with Gasteiger partial charge in [0.2, 0.25) is 0 Å². The lowest BCUT2D eigenvalue weighted by Gasteiger charge is -2.20. The van der Waals surface area contributed by atoms with E-state index >= 15 is 0 Å². The zero-order valence-electron chi connectivity index (χ0n) is 15.2. The minimum atomic E-state index is -0.582. The van der Waals surface area contributed by atoms with Gasteiger partial charge in [0.25, 0.3) is 11.8 Å². The normalized spacial score (nSPS) is 11.8. The highest BCUT2D eigenvalue weighted by molar-refractivity contribution is 7.10. The summed E-state index contributed by atoms with van der Waals surface area (Å²) in [7, 11) is 1.47. The first kappa shape index (κ1) is 19.8. The summed E-state index contributed by atoms with van der Waals surface area (Å²) in [5, 5.41) is 5.09. The van der Waals surface area contributed by atoms with Gasteiger partial charge in [-0.05, 0) is 42.0 Å². The van der Waals surface area contributed by atoms with Crippen molar-refractivity contribution in [3.05, 3.63) is 46.2 Å². The lowest BCUT2D eigenvalue weighted by molar-refractivity contribution is -0.119. The Kier molecular flexibility index (Phi) is 7.03. The molecule has 1 unspecified atom stereocenters. The van der Waals surface area contributed by atoms with Crippen molar-refractivity contribution in [1.82, 2.24) is 5.32 Å². The average Bonchev–Trinajstić information content (AvgIpc) is 3.13. The number of carbonyl (C=O) groups is 2. The van der Waals surface area contributed by atoms with Crippen molar-refractivity contribution in [3.8, 4) is 11.5 Å². The molecule has 0 saturated heterocycles. The van der Waals surface area contributed by atoms with Crippen LogP contribution in [-0.4, -0.2) is 25.5 Å². The molecule has 1 aromatic carbocycles. The molecular weight excluding hydrogens is 352 g/mol. The van der Waals surface area contributed by atoms with Crippen LogP contribution in [0.1, 0.15) is 41.5 Å². The van der Waals surface area contributed by atoms with Crippen LogP contribution < -0.4 is 20.5 Å². The number of hydrogen-bond acceptors (Lipinski definition) is 5. The molecule has 26 heavy (non-hydrogen) atoms. The molecule has 7 heteroatoms. The second-order valence-electron chi connectivity index (χ2n) is 6.29. The summed E-state index contributed by atoms with van der Waals surface area (Å²) < 4.78 is 10.5. The highest BCUT2D eigenvalue weighted by atomic mass is 32.1. The second kappa shape index (κ2) is 9.24. The molecule has 0 saturated carbocycles. The van der Waals surface area contributed by atoms with Gasteiger partial charge in [0.1, 0.15) is 0 Å². The predicted molar refractivity (Wildman–Crippen MR) is 102 cm³/mol. The number of benzene rings is 1. The fourth-order valence-electron chi connectivity index (χ4n) is 2.53. The molecule has 3 N–H and O–H groups in total. The van der Waals surface area contributed by atoms with Gasteiger partial charge in [-0.15, -0.1) is 11.3 Å². The van der Waals surface area contributed by atoms with Crippen LogP contribution in [0.2, 0.25) is 0 Å². The number of carbonyl (C=O) groups excluding carboxylic acids is 2. The monoisotopic (exact) mass is 376 g/mol. The van der Waals surface area contributed by atoms with Gasteiger partial charge in [-0.3, -0.25) is 9.59 Å². The maximum Gasteiger partial charge on any atom is 0.255 e. The van der Waals surface area contributed by atoms with Gasteiger partial charge in [-0.1, -0.05) is 19.9 Å². The molecule has 0 radical (unpaired) electrons. The molecular formula is C19H24N2O4S. The summed E-state index contributed by atoms with van der Waals surface area (Å²) >= 11 is 1.63. The van der Waals surface area contributed by atoms with Gasteiger partial charge in [-0.25, -0.2) is 0 Å². The van der Waals surface area contributed by atoms with Crippen molar-refractivity contribution in [3.63, 3.8) is 0 Å². The number of hydrogen-bond donors (Lipinski definition) is 2. The Bertz CT molecular complexity index is 744. The van der Waals surface area contributed by atoms with Gasteiger partial charge in [0, 0.05) is 10.4 Å². The summed E-state index contributed by atoms with van der Waals surface area (Å²) in [6, 6.07) is 8.78. The van der Waals surface area contributed by atoms with Crippen molar-refractivity contribution < 1.29 is 19.1 Å². The van der Waals surface area contributed by atoms with Gasteiger partial charge < -0.3 is 20.5 Å². The summed E-state index contributed by atoms with van der Waals surface area (Å²) in [4.78, 5) is 24.7. The van der Waals surface area contributed by atoms with Crippen LogP contribution in [0.25, 0.3) is 0 Å². The number of amides is 2. The highest BCUT2D eigenvalue weighted by Crippen LogP contribution is 2.29. The molecule has 1 aromatic heterocycles. The predicted octanol–water partition coefficient (Wildman–Crippen LogP) is 3.14. The zero-order chi connectivity index (χ0) is 19.1. The number of primary amides is 1. The number of nitrogens with two attached hydrogens (primary N) is 1. The van der Waals surface area contributed by atoms with Crippen LogP contribution in [0.4, 0.5) is 0 Å². The fourth-order valence-corrected chi connectivity index (χ4v) is 3.32. The molecule has 140 valence electrons. The molecule has 0 bridgehead atoms. The molecule has 6 nitrogen and oxygen atoms in total. The minimum absolute atomic E-state index is 0.0423. The summed E-state index contributed by atoms with van der Waals surface area (Å²) in [5.74, 6) is 0.405. The largest absolute Gasteiger partial charge is 0.493 e. The highest BCUT2D eigenvalue weighted by Gasteiger charge is 2.19. The van der Waals surface area contributed by atoms with E-state index in [9.17, 15) is 9.59 Å². The minimum Gasteiger partial charge on any atom is -0.493 e. The Hall–Kier alpha value is -2.54. The molecule has 1 atom stereocenters. The Balaban J connectivity index is 2.15. The van der Waals surface area contributed by atoms with Crippen LogP contribution in [0.5, 0.6) is 11.5 Å². The van der Waals surface area contributed by atoms with Crippen molar-refractivity contribution in [2.75, 3.05) is 13.7 Å². The number of rotatable bonds is 9. The Morgan fingerprint density at radius 2 is 2.00 bits per heavy atom. The molecule has 2 rings (SSSR count). The lowest BCUT2D eigenvalue weighted by Crippen LogP contribution is -2.29. The van der Waals surface area contributed by atoms with E-state index in [1.54, 1.807) is 29.5 Å². The molecule has 0 spiro atoms. The van der Waals surface area contributed by atoms with Crippen molar-refractivity contribution >= 4 is 23.2 Å². The summed E-state index contributed by atoms with van der Waals surface area (Å²) in [6.45, 7) is 4.00. The molecule has 0 aliphatic carbocycles. The van der Waals surface area contributed by atoms with E-state index in [4.69, 9.17) is 15.2 Å². The van der Waals surface area contributed by atoms with E-state index in [-0.39, 0.29) is 18.6 Å². The zero-order valence-corrected chi connectivity index (χ0v) is 16.0. The van der Waals surface area contributed by atoms with E-state index in [0.717, 1.165) is 11.3 Å². The van der Waals surface area contributed by atoms with E-state index in [1.807, 2.05) is 17.5 Å². The maximum atomic E-state index is 12.7. The first-order chi connectivity index (χ1) is 12.4. The van der Waals surface area contributed by atoms with Crippen LogP contribution in [0, 0.1) is 5.92 Å². The molecule has 2 amide bonds. The SMILES string of the molecule is COc1cc(C(=O)NC(CC(C)C)c2cccs2)ccc1OCC(N)=O. The molecule has 2 aromatic rings. The first-order valence-electron chi connectivity index (χ1n) is 8.34. The van der Waals surface area contributed by atoms with Crippen LogP contribution >= 0.6 is 11.3 Å². The van der Waals surface area contributed by atoms with E-state index < -0.39 is 5.91 Å². The third kappa shape index (κ3) is 5.49.